The van der Waals surface area contributed by atoms with E-state index in [4.69, 9.17) is 21.9 Å². The van der Waals surface area contributed by atoms with Crippen molar-refractivity contribution in [1.29, 1.82) is 0 Å². The molecule has 3 aromatic rings. The van der Waals surface area contributed by atoms with Gasteiger partial charge < -0.3 is 32.2 Å². The number of nitrogen functional groups attached to an aromatic ring is 1. The monoisotopic (exact) mass is 539 g/mol. The van der Waals surface area contributed by atoms with E-state index < -0.39 is 6.04 Å². The summed E-state index contributed by atoms with van der Waals surface area (Å²) in [5.41, 5.74) is 19.9. The largest absolute Gasteiger partial charge is 0.463 e. The maximum atomic E-state index is 12.7. The predicted octanol–water partition coefficient (Wildman–Crippen LogP) is 0.933. The van der Waals surface area contributed by atoms with Crippen molar-refractivity contribution in [3.05, 3.63) is 45.9 Å². The quantitative estimate of drug-likeness (QED) is 0.197. The first-order valence-electron chi connectivity index (χ1n) is 13.8. The summed E-state index contributed by atoms with van der Waals surface area (Å²) in [5.74, 6) is 0.622. The lowest BCUT2D eigenvalue weighted by Gasteiger charge is -2.32. The molecule has 212 valence electrons. The van der Waals surface area contributed by atoms with Gasteiger partial charge in [-0.25, -0.2) is 4.79 Å². The lowest BCUT2D eigenvalue weighted by molar-refractivity contribution is -0.122. The van der Waals surface area contributed by atoms with Crippen molar-refractivity contribution >= 4 is 22.9 Å². The molecule has 12 heteroatoms. The van der Waals surface area contributed by atoms with Gasteiger partial charge in [-0.3, -0.25) is 14.3 Å². The lowest BCUT2D eigenvalue weighted by atomic mass is 9.93. The number of rotatable bonds is 13. The number of nitrogens with one attached hydrogen (secondary N) is 2. The molecule has 3 heterocycles. The molecule has 2 aromatic heterocycles. The SMILES string of the molecule is CCCCOc1nc(N)c2[nH]c(=O)n(Cc3ccc(CN4CCC(CCNC(=O)[C@@H](N)CN)CC4)cc3)c2n1. The highest BCUT2D eigenvalue weighted by Gasteiger charge is 2.20. The second kappa shape index (κ2) is 13.5. The number of aromatic nitrogens is 4. The number of carbonyl (C=O) groups excluding carboxylic acids is 1. The van der Waals surface area contributed by atoms with E-state index in [1.54, 1.807) is 4.57 Å². The summed E-state index contributed by atoms with van der Waals surface area (Å²) >= 11 is 0. The molecule has 8 N–H and O–H groups in total. The van der Waals surface area contributed by atoms with Crippen molar-refractivity contribution < 1.29 is 9.53 Å². The molecule has 0 unspecified atom stereocenters. The van der Waals surface area contributed by atoms with Crippen LogP contribution in [0.4, 0.5) is 5.82 Å². The van der Waals surface area contributed by atoms with Gasteiger partial charge in [0.1, 0.15) is 5.52 Å². The van der Waals surface area contributed by atoms with E-state index in [2.05, 4.69) is 44.2 Å². The van der Waals surface area contributed by atoms with Crippen molar-refractivity contribution in [3.63, 3.8) is 0 Å². The van der Waals surface area contributed by atoms with E-state index in [9.17, 15) is 9.59 Å². The number of benzene rings is 1. The number of piperidine rings is 1. The number of likely N-dealkylation sites (tertiary alicyclic amines) is 1. The van der Waals surface area contributed by atoms with Crippen LogP contribution in [-0.4, -0.2) is 69.2 Å². The molecule has 39 heavy (non-hydrogen) atoms. The van der Waals surface area contributed by atoms with Gasteiger partial charge in [-0.2, -0.15) is 9.97 Å². The number of carbonyl (C=O) groups is 1. The molecule has 1 aliphatic rings. The highest BCUT2D eigenvalue weighted by molar-refractivity contribution is 5.82. The summed E-state index contributed by atoms with van der Waals surface area (Å²) < 4.78 is 7.19. The van der Waals surface area contributed by atoms with Gasteiger partial charge in [0.05, 0.1) is 19.2 Å². The van der Waals surface area contributed by atoms with Crippen molar-refractivity contribution in [2.24, 2.45) is 17.4 Å². The molecule has 1 aromatic carbocycles. The van der Waals surface area contributed by atoms with Crippen LogP contribution in [0, 0.1) is 5.92 Å². The predicted molar refractivity (Wildman–Crippen MR) is 151 cm³/mol. The zero-order chi connectivity index (χ0) is 27.8. The standard InChI is InChI=1S/C27H41N9O3/c1-2-3-14-39-26-33-23(30)22-24(34-26)36(27(38)32-22)17-20-6-4-19(5-7-20)16-35-12-9-18(10-13-35)8-11-31-25(37)21(29)15-28/h4-7,18,21H,2-3,8-17,28-29H2,1H3,(H,31,37)(H,32,38)(H2,30,33,34)/t21-/m0/s1. The number of fused-ring (bicyclic) bond motifs is 1. The number of anilines is 1. The van der Waals surface area contributed by atoms with Crippen molar-refractivity contribution in [3.8, 4) is 6.01 Å². The van der Waals surface area contributed by atoms with Crippen LogP contribution in [-0.2, 0) is 17.9 Å². The van der Waals surface area contributed by atoms with E-state index in [-0.39, 0.29) is 30.0 Å². The van der Waals surface area contributed by atoms with Crippen molar-refractivity contribution in [2.75, 3.05) is 38.5 Å². The Balaban J connectivity index is 1.29. The van der Waals surface area contributed by atoms with Gasteiger partial charge in [-0.05, 0) is 55.8 Å². The van der Waals surface area contributed by atoms with Crippen LogP contribution >= 0.6 is 0 Å². The Hall–Kier alpha value is -3.48. The van der Waals surface area contributed by atoms with Gasteiger partial charge in [-0.1, -0.05) is 37.6 Å². The first-order chi connectivity index (χ1) is 18.9. The van der Waals surface area contributed by atoms with Gasteiger partial charge >= 0.3 is 11.7 Å². The number of nitrogens with zero attached hydrogens (tertiary/aromatic N) is 4. The molecule has 0 bridgehead atoms. The summed E-state index contributed by atoms with van der Waals surface area (Å²) in [7, 11) is 0. The van der Waals surface area contributed by atoms with E-state index in [0.29, 0.717) is 36.8 Å². The zero-order valence-electron chi connectivity index (χ0n) is 22.7. The van der Waals surface area contributed by atoms with Crippen LogP contribution in [0.5, 0.6) is 6.01 Å². The number of amides is 1. The van der Waals surface area contributed by atoms with Gasteiger partial charge in [0.25, 0.3) is 0 Å². The molecule has 1 amide bonds. The maximum absolute atomic E-state index is 12.7. The minimum absolute atomic E-state index is 0.159. The molecule has 0 spiro atoms. The Morgan fingerprint density at radius 2 is 1.87 bits per heavy atom. The molecule has 0 aliphatic carbocycles. The van der Waals surface area contributed by atoms with Gasteiger partial charge in [-0.15, -0.1) is 0 Å². The van der Waals surface area contributed by atoms with E-state index in [1.807, 2.05) is 12.1 Å². The van der Waals surface area contributed by atoms with E-state index >= 15 is 0 Å². The Labute approximate surface area is 228 Å². The average Bonchev–Trinajstić information content (AvgIpc) is 3.25. The smallest absolute Gasteiger partial charge is 0.328 e. The third-order valence-corrected chi connectivity index (χ3v) is 7.28. The van der Waals surface area contributed by atoms with E-state index in [0.717, 1.165) is 57.3 Å². The minimum Gasteiger partial charge on any atom is -0.463 e. The Kier molecular flexibility index (Phi) is 9.90. The summed E-state index contributed by atoms with van der Waals surface area (Å²) in [4.78, 5) is 38.3. The summed E-state index contributed by atoms with van der Waals surface area (Å²) in [6.07, 6.45) is 5.05. The van der Waals surface area contributed by atoms with Crippen molar-refractivity contribution in [2.45, 2.75) is 58.2 Å². The number of aromatic amines is 1. The Bertz CT molecular complexity index is 1280. The van der Waals surface area contributed by atoms with Crippen molar-refractivity contribution in [1.82, 2.24) is 29.7 Å². The molecule has 0 radical (unpaired) electrons. The second-order valence-electron chi connectivity index (χ2n) is 10.3. The number of hydrogen-bond donors (Lipinski definition) is 5. The molecule has 1 fully saturated rings. The van der Waals surface area contributed by atoms with Crippen LogP contribution in [0.1, 0.15) is 50.2 Å². The maximum Gasteiger partial charge on any atom is 0.328 e. The fraction of sp³-hybridized carbons (Fsp3) is 0.556. The molecular weight excluding hydrogens is 498 g/mol. The van der Waals surface area contributed by atoms with Gasteiger partial charge in [0.15, 0.2) is 11.5 Å². The fourth-order valence-electron chi connectivity index (χ4n) is 4.81. The van der Waals surface area contributed by atoms with Crippen LogP contribution in [0.2, 0.25) is 0 Å². The Morgan fingerprint density at radius 1 is 1.18 bits per heavy atom. The normalized spacial score (nSPS) is 15.5. The van der Waals surface area contributed by atoms with Gasteiger partial charge in [0, 0.05) is 19.6 Å². The highest BCUT2D eigenvalue weighted by Crippen LogP contribution is 2.22. The first kappa shape index (κ1) is 28.5. The summed E-state index contributed by atoms with van der Waals surface area (Å²) in [6.45, 7) is 6.67. The van der Waals surface area contributed by atoms with Crippen LogP contribution in [0.25, 0.3) is 11.2 Å². The number of ether oxygens (including phenoxy) is 1. The molecule has 1 saturated heterocycles. The zero-order valence-corrected chi connectivity index (χ0v) is 22.7. The lowest BCUT2D eigenvalue weighted by Crippen LogP contribution is -2.46. The molecular formula is C27H41N9O3. The number of H-pyrrole nitrogens is 1. The number of nitrogens with two attached hydrogens (primary N) is 3. The molecule has 0 saturated carbocycles. The summed E-state index contributed by atoms with van der Waals surface area (Å²) in [6, 6.07) is 7.87. The third-order valence-electron chi connectivity index (χ3n) is 7.28. The molecule has 12 nitrogen and oxygen atoms in total. The van der Waals surface area contributed by atoms with Crippen LogP contribution < -0.4 is 32.9 Å². The van der Waals surface area contributed by atoms with E-state index in [1.165, 1.54) is 5.56 Å². The highest BCUT2D eigenvalue weighted by atomic mass is 16.5. The van der Waals surface area contributed by atoms with Crippen LogP contribution in [0.15, 0.2) is 29.1 Å². The molecule has 4 rings (SSSR count). The van der Waals surface area contributed by atoms with Crippen LogP contribution in [0.3, 0.4) is 0 Å². The topological polar surface area (TPSA) is 183 Å². The number of imidazole rings is 1. The third kappa shape index (κ3) is 7.55. The molecule has 1 aliphatic heterocycles. The first-order valence-corrected chi connectivity index (χ1v) is 13.8. The minimum atomic E-state index is -0.628. The Morgan fingerprint density at radius 3 is 2.54 bits per heavy atom. The van der Waals surface area contributed by atoms with Gasteiger partial charge in [0.2, 0.25) is 5.91 Å². The number of hydrogen-bond acceptors (Lipinski definition) is 9. The second-order valence-corrected chi connectivity index (χ2v) is 10.3. The average molecular weight is 540 g/mol. The summed E-state index contributed by atoms with van der Waals surface area (Å²) in [5, 5.41) is 2.88. The molecule has 1 atom stereocenters. The fourth-order valence-corrected chi connectivity index (χ4v) is 4.81. The number of unbranched alkanes of at least 4 members (excludes halogenated alkanes) is 1.